The van der Waals surface area contributed by atoms with E-state index in [0.717, 1.165) is 23.3 Å². The summed E-state index contributed by atoms with van der Waals surface area (Å²) in [5.74, 6) is 0.192. The van der Waals surface area contributed by atoms with Crippen LogP contribution < -0.4 is 0 Å². The van der Waals surface area contributed by atoms with Gasteiger partial charge >= 0.3 is 0 Å². The van der Waals surface area contributed by atoms with Gasteiger partial charge in [-0.05, 0) is 57.1 Å². The Balaban J connectivity index is 4.13. The number of Topliss-reactive ketones (excluding diaryl/α,β-unsaturated/α-hetero) is 1. The summed E-state index contributed by atoms with van der Waals surface area (Å²) in [6, 6.07) is 0. The summed E-state index contributed by atoms with van der Waals surface area (Å²) in [5.41, 5.74) is 2.11. The number of thiocarbonyl (C=S) groups is 1. The molecule has 0 aliphatic carbocycles. The molecule has 1 nitrogen and oxygen atoms in total. The van der Waals surface area contributed by atoms with E-state index in [1.165, 1.54) is 5.57 Å². The van der Waals surface area contributed by atoms with Crippen molar-refractivity contribution in [3.63, 3.8) is 0 Å². The van der Waals surface area contributed by atoms with Gasteiger partial charge in [0.15, 0.2) is 0 Å². The molecule has 0 N–H and O–H groups in total. The molecule has 0 saturated heterocycles. The molecule has 0 rings (SSSR count). The number of hydrogen-bond acceptors (Lipinski definition) is 2. The van der Waals surface area contributed by atoms with Crippen LogP contribution in [0.2, 0.25) is 0 Å². The lowest BCUT2D eigenvalue weighted by Crippen LogP contribution is -1.99. The molecular formula is C15H21ClOS. The van der Waals surface area contributed by atoms with E-state index in [9.17, 15) is 4.79 Å². The first kappa shape index (κ1) is 17.3. The van der Waals surface area contributed by atoms with Gasteiger partial charge in [-0.25, -0.2) is 0 Å². The first-order chi connectivity index (χ1) is 8.31. The van der Waals surface area contributed by atoms with Crippen LogP contribution in [-0.2, 0) is 4.79 Å². The molecule has 0 bridgehead atoms. The van der Waals surface area contributed by atoms with Crippen molar-refractivity contribution in [1.29, 1.82) is 0 Å². The second-order valence-corrected chi connectivity index (χ2v) is 5.62. The van der Waals surface area contributed by atoms with Crippen molar-refractivity contribution in [2.24, 2.45) is 0 Å². The van der Waals surface area contributed by atoms with E-state index >= 15 is 0 Å². The number of rotatable bonds is 8. The van der Waals surface area contributed by atoms with Gasteiger partial charge in [0.25, 0.3) is 0 Å². The third-order valence-electron chi connectivity index (χ3n) is 2.32. The van der Waals surface area contributed by atoms with Crippen LogP contribution in [0.4, 0.5) is 0 Å². The Hall–Kier alpha value is -0.730. The van der Waals surface area contributed by atoms with Gasteiger partial charge in [-0.2, -0.15) is 0 Å². The minimum absolute atomic E-state index is 0.192. The van der Waals surface area contributed by atoms with Crippen molar-refractivity contribution >= 4 is 34.5 Å². The van der Waals surface area contributed by atoms with E-state index in [1.54, 1.807) is 6.92 Å². The Morgan fingerprint density at radius 3 is 2.17 bits per heavy atom. The molecule has 100 valence electrons. The summed E-state index contributed by atoms with van der Waals surface area (Å²) in [6.45, 7) is 9.30. The highest BCUT2D eigenvalue weighted by molar-refractivity contribution is 7.80. The zero-order valence-corrected chi connectivity index (χ0v) is 13.0. The van der Waals surface area contributed by atoms with E-state index in [0.29, 0.717) is 17.9 Å². The average molecular weight is 285 g/mol. The molecule has 0 aromatic rings. The summed E-state index contributed by atoms with van der Waals surface area (Å²) in [4.78, 5) is 11.8. The topological polar surface area (TPSA) is 17.1 Å². The van der Waals surface area contributed by atoms with Crippen molar-refractivity contribution in [3.8, 4) is 0 Å². The normalized spacial score (nSPS) is 12.4. The molecule has 3 heteroatoms. The van der Waals surface area contributed by atoms with Gasteiger partial charge in [0.1, 0.15) is 5.78 Å². The number of carbonyl (C=O) groups excluding carboxylic acids is 1. The molecule has 0 aromatic carbocycles. The van der Waals surface area contributed by atoms with E-state index in [-0.39, 0.29) is 5.78 Å². The van der Waals surface area contributed by atoms with Crippen molar-refractivity contribution < 1.29 is 4.79 Å². The number of halogens is 1. The van der Waals surface area contributed by atoms with Gasteiger partial charge < -0.3 is 4.79 Å². The van der Waals surface area contributed by atoms with Crippen LogP contribution in [0.5, 0.6) is 0 Å². The molecule has 0 aliphatic rings. The summed E-state index contributed by atoms with van der Waals surface area (Å²) < 4.78 is 0. The highest BCUT2D eigenvalue weighted by atomic mass is 35.5. The van der Waals surface area contributed by atoms with E-state index in [4.69, 9.17) is 23.8 Å². The van der Waals surface area contributed by atoms with Gasteiger partial charge in [-0.3, -0.25) is 0 Å². The van der Waals surface area contributed by atoms with Crippen LogP contribution in [0.3, 0.4) is 0 Å². The van der Waals surface area contributed by atoms with Crippen LogP contribution >= 0.6 is 23.8 Å². The molecule has 0 atom stereocenters. The third kappa shape index (κ3) is 10.4. The van der Waals surface area contributed by atoms with Crippen LogP contribution in [0.15, 0.2) is 34.9 Å². The Morgan fingerprint density at radius 2 is 1.67 bits per heavy atom. The van der Waals surface area contributed by atoms with Gasteiger partial charge in [0, 0.05) is 11.5 Å². The van der Waals surface area contributed by atoms with Crippen LogP contribution in [0, 0.1) is 0 Å². The number of ketones is 1. The van der Waals surface area contributed by atoms with E-state index in [1.807, 2.05) is 26.0 Å². The highest BCUT2D eigenvalue weighted by Crippen LogP contribution is 2.14. The molecule has 0 aliphatic heterocycles. The SMILES string of the molecule is C=C(C)/C=C(Cl)\C=C(/C)CCC(=S)CCC(C)=O. The van der Waals surface area contributed by atoms with E-state index in [2.05, 4.69) is 6.58 Å². The summed E-state index contributed by atoms with van der Waals surface area (Å²) in [7, 11) is 0. The molecule has 0 amide bonds. The quantitative estimate of drug-likeness (QED) is 0.453. The monoisotopic (exact) mass is 284 g/mol. The Bertz CT molecular complexity index is 391. The van der Waals surface area contributed by atoms with E-state index < -0.39 is 0 Å². The lowest BCUT2D eigenvalue weighted by atomic mass is 10.1. The molecule has 18 heavy (non-hydrogen) atoms. The Morgan fingerprint density at radius 1 is 1.11 bits per heavy atom. The maximum Gasteiger partial charge on any atom is 0.130 e. The largest absolute Gasteiger partial charge is 0.300 e. The highest BCUT2D eigenvalue weighted by Gasteiger charge is 2.01. The summed E-state index contributed by atoms with van der Waals surface area (Å²) >= 11 is 11.3. The first-order valence-electron chi connectivity index (χ1n) is 6.02. The Labute approximate surface area is 121 Å². The minimum Gasteiger partial charge on any atom is -0.300 e. The lowest BCUT2D eigenvalue weighted by Gasteiger charge is -2.03. The zero-order chi connectivity index (χ0) is 14.1. The maximum absolute atomic E-state index is 10.8. The Kier molecular flexibility index (Phi) is 8.86. The predicted octanol–water partition coefficient (Wildman–Crippen LogP) is 5.15. The zero-order valence-electron chi connectivity index (χ0n) is 11.4. The fraction of sp³-hybridized carbons (Fsp3) is 0.467. The molecule has 0 fully saturated rings. The van der Waals surface area contributed by atoms with Crippen molar-refractivity contribution in [3.05, 3.63) is 34.9 Å². The van der Waals surface area contributed by atoms with Crippen molar-refractivity contribution in [1.82, 2.24) is 0 Å². The molecule has 0 heterocycles. The van der Waals surface area contributed by atoms with Gasteiger partial charge in [0.2, 0.25) is 0 Å². The summed E-state index contributed by atoms with van der Waals surface area (Å²) in [5, 5.41) is 0.689. The van der Waals surface area contributed by atoms with Gasteiger partial charge in [-0.15, -0.1) is 0 Å². The first-order valence-corrected chi connectivity index (χ1v) is 6.81. The predicted molar refractivity (Wildman–Crippen MR) is 84.3 cm³/mol. The number of hydrogen-bond donors (Lipinski definition) is 0. The molecule has 0 radical (unpaired) electrons. The second kappa shape index (κ2) is 9.23. The maximum atomic E-state index is 10.8. The fourth-order valence-corrected chi connectivity index (χ4v) is 1.94. The molecule has 0 spiro atoms. The second-order valence-electron chi connectivity index (χ2n) is 4.61. The average Bonchev–Trinajstić information content (AvgIpc) is 2.22. The van der Waals surface area contributed by atoms with Gasteiger partial charge in [-0.1, -0.05) is 41.5 Å². The number of carbonyl (C=O) groups is 1. The van der Waals surface area contributed by atoms with Crippen LogP contribution in [0.1, 0.15) is 46.5 Å². The third-order valence-corrected chi connectivity index (χ3v) is 2.95. The fourth-order valence-electron chi connectivity index (χ4n) is 1.36. The molecular weight excluding hydrogens is 264 g/mol. The standard InChI is InChI=1S/C15H21ClOS/c1-11(2)9-14(16)10-12(3)5-7-15(18)8-6-13(4)17/h9-10H,1,5-8H2,2-4H3/b12-10+,14-9+. The smallest absolute Gasteiger partial charge is 0.130 e. The lowest BCUT2D eigenvalue weighted by molar-refractivity contribution is -0.116. The van der Waals surface area contributed by atoms with Gasteiger partial charge in [0.05, 0.1) is 0 Å². The van der Waals surface area contributed by atoms with Crippen LogP contribution in [-0.4, -0.2) is 10.6 Å². The van der Waals surface area contributed by atoms with Crippen molar-refractivity contribution in [2.45, 2.75) is 46.5 Å². The van der Waals surface area contributed by atoms with Crippen LogP contribution in [0.25, 0.3) is 0 Å². The molecule has 0 aromatic heterocycles. The molecule has 0 unspecified atom stereocenters. The number of allylic oxidation sites excluding steroid dienone is 5. The minimum atomic E-state index is 0.192. The van der Waals surface area contributed by atoms with Crippen molar-refractivity contribution in [2.75, 3.05) is 0 Å². The molecule has 0 saturated carbocycles. The summed E-state index contributed by atoms with van der Waals surface area (Å²) in [6.07, 6.45) is 6.76.